The molecule has 4 rings (SSSR count). The summed E-state index contributed by atoms with van der Waals surface area (Å²) < 4.78 is 17.6. The number of hydrogen-bond donors (Lipinski definition) is 2. The predicted octanol–water partition coefficient (Wildman–Crippen LogP) is 3.24. The third kappa shape index (κ3) is 4.69. The molecule has 11 heteroatoms. The molecule has 0 bridgehead atoms. The standard InChI is InChI=1S/C23H24N6O4S/c1-31-16-11-7-10-15(19(16)32-2)12-25-17(30)13-29-20(24)18(23(27-29)34-3)22-26-21(28-33-22)14-8-5-4-6-9-14/h4-11H,12-13,24H2,1-3H3,(H,25,30). The molecule has 4 aromatic rings. The smallest absolute Gasteiger partial charge is 0.264 e. The molecule has 0 aliphatic rings. The van der Waals surface area contributed by atoms with E-state index in [1.54, 1.807) is 20.3 Å². The fourth-order valence-corrected chi connectivity index (χ4v) is 4.00. The molecule has 0 atom stereocenters. The number of nitrogens with one attached hydrogen (secondary N) is 1. The Balaban J connectivity index is 1.51. The van der Waals surface area contributed by atoms with Crippen LogP contribution < -0.4 is 20.5 Å². The number of nitrogens with two attached hydrogens (primary N) is 1. The molecule has 1 amide bonds. The van der Waals surface area contributed by atoms with Crippen molar-refractivity contribution in [3.8, 4) is 34.3 Å². The Hall–Kier alpha value is -3.99. The first-order valence-corrected chi connectivity index (χ1v) is 11.5. The minimum Gasteiger partial charge on any atom is -0.493 e. The molecule has 34 heavy (non-hydrogen) atoms. The van der Waals surface area contributed by atoms with E-state index in [1.165, 1.54) is 16.4 Å². The largest absolute Gasteiger partial charge is 0.493 e. The van der Waals surface area contributed by atoms with Crippen LogP contribution in [0, 0.1) is 0 Å². The number of methoxy groups -OCH3 is 2. The normalized spacial score (nSPS) is 10.8. The van der Waals surface area contributed by atoms with Crippen molar-refractivity contribution >= 4 is 23.5 Å². The van der Waals surface area contributed by atoms with Gasteiger partial charge in [0.25, 0.3) is 5.89 Å². The number of anilines is 1. The van der Waals surface area contributed by atoms with E-state index in [1.807, 2.05) is 48.7 Å². The van der Waals surface area contributed by atoms with E-state index in [0.29, 0.717) is 27.9 Å². The second-order valence-corrected chi connectivity index (χ2v) is 7.94. The van der Waals surface area contributed by atoms with Gasteiger partial charge in [0.2, 0.25) is 11.7 Å². The van der Waals surface area contributed by atoms with E-state index in [-0.39, 0.29) is 30.7 Å². The Morgan fingerprint density at radius 3 is 2.65 bits per heavy atom. The molecule has 0 saturated heterocycles. The van der Waals surface area contributed by atoms with Crippen LogP contribution in [-0.4, -0.2) is 46.3 Å². The van der Waals surface area contributed by atoms with Gasteiger partial charge < -0.3 is 25.0 Å². The molecule has 3 N–H and O–H groups in total. The molecular formula is C23H24N6O4S. The van der Waals surface area contributed by atoms with Crippen molar-refractivity contribution in [2.24, 2.45) is 0 Å². The van der Waals surface area contributed by atoms with Crippen LogP contribution in [0.1, 0.15) is 5.56 Å². The molecule has 2 aromatic carbocycles. The number of rotatable bonds is 9. The fraction of sp³-hybridized carbons (Fsp3) is 0.217. The van der Waals surface area contributed by atoms with Crippen molar-refractivity contribution in [2.75, 3.05) is 26.2 Å². The van der Waals surface area contributed by atoms with Crippen LogP contribution in [0.15, 0.2) is 58.1 Å². The highest BCUT2D eigenvalue weighted by molar-refractivity contribution is 7.98. The van der Waals surface area contributed by atoms with Gasteiger partial charge in [-0.05, 0) is 12.3 Å². The number of para-hydroxylation sites is 1. The number of carbonyl (C=O) groups excluding carboxylic acids is 1. The van der Waals surface area contributed by atoms with Crippen LogP contribution in [-0.2, 0) is 17.9 Å². The first-order chi connectivity index (χ1) is 16.5. The van der Waals surface area contributed by atoms with Crippen molar-refractivity contribution in [2.45, 2.75) is 18.1 Å². The molecule has 0 saturated carbocycles. The Labute approximate surface area is 200 Å². The molecule has 0 spiro atoms. The lowest BCUT2D eigenvalue weighted by Gasteiger charge is -2.13. The number of nitrogen functional groups attached to an aromatic ring is 1. The van der Waals surface area contributed by atoms with E-state index in [4.69, 9.17) is 19.7 Å². The van der Waals surface area contributed by atoms with Crippen LogP contribution in [0.5, 0.6) is 11.5 Å². The number of nitrogens with zero attached hydrogens (tertiary/aromatic N) is 4. The molecule has 0 unspecified atom stereocenters. The topological polar surface area (TPSA) is 130 Å². The third-order valence-electron chi connectivity index (χ3n) is 5.08. The quantitative estimate of drug-likeness (QED) is 0.347. The molecule has 2 aromatic heterocycles. The minimum absolute atomic E-state index is 0.0780. The second kappa shape index (κ2) is 10.3. The molecule has 2 heterocycles. The van der Waals surface area contributed by atoms with Gasteiger partial charge in [-0.1, -0.05) is 47.6 Å². The Morgan fingerprint density at radius 2 is 1.94 bits per heavy atom. The fourth-order valence-electron chi connectivity index (χ4n) is 3.42. The number of amides is 1. The van der Waals surface area contributed by atoms with E-state index in [9.17, 15) is 4.79 Å². The zero-order valence-corrected chi connectivity index (χ0v) is 19.8. The molecule has 0 fully saturated rings. The molecule has 10 nitrogen and oxygen atoms in total. The van der Waals surface area contributed by atoms with Crippen LogP contribution in [0.25, 0.3) is 22.8 Å². The Morgan fingerprint density at radius 1 is 1.15 bits per heavy atom. The van der Waals surface area contributed by atoms with Gasteiger partial charge in [0.05, 0.1) is 14.2 Å². The number of hydrogen-bond acceptors (Lipinski definition) is 9. The number of carbonyl (C=O) groups is 1. The SMILES string of the molecule is COc1cccc(CNC(=O)Cn2nc(SC)c(-c3nc(-c4ccccc4)no3)c2N)c1OC. The summed E-state index contributed by atoms with van der Waals surface area (Å²) in [7, 11) is 3.12. The maximum atomic E-state index is 12.7. The maximum Gasteiger partial charge on any atom is 0.264 e. The average molecular weight is 481 g/mol. The summed E-state index contributed by atoms with van der Waals surface area (Å²) in [6.07, 6.45) is 1.86. The van der Waals surface area contributed by atoms with Gasteiger partial charge >= 0.3 is 0 Å². The average Bonchev–Trinajstić information content (AvgIpc) is 3.47. The molecule has 176 valence electrons. The maximum absolute atomic E-state index is 12.7. The van der Waals surface area contributed by atoms with Gasteiger partial charge in [-0.2, -0.15) is 10.1 Å². The minimum atomic E-state index is -0.270. The zero-order valence-electron chi connectivity index (χ0n) is 18.9. The number of benzene rings is 2. The predicted molar refractivity (Wildman–Crippen MR) is 129 cm³/mol. The Kier molecular flexibility index (Phi) is 7.02. The lowest BCUT2D eigenvalue weighted by atomic mass is 10.2. The monoisotopic (exact) mass is 480 g/mol. The van der Waals surface area contributed by atoms with Crippen LogP contribution in [0.4, 0.5) is 5.82 Å². The summed E-state index contributed by atoms with van der Waals surface area (Å²) in [5, 5.41) is 12.0. The van der Waals surface area contributed by atoms with Crippen molar-refractivity contribution in [3.05, 3.63) is 54.1 Å². The highest BCUT2D eigenvalue weighted by atomic mass is 32.2. The van der Waals surface area contributed by atoms with Gasteiger partial charge in [-0.3, -0.25) is 4.79 Å². The summed E-state index contributed by atoms with van der Waals surface area (Å²) in [6.45, 7) is 0.179. The van der Waals surface area contributed by atoms with Gasteiger partial charge in [-0.15, -0.1) is 11.8 Å². The molecular weight excluding hydrogens is 456 g/mol. The molecule has 0 aliphatic heterocycles. The highest BCUT2D eigenvalue weighted by Crippen LogP contribution is 2.35. The summed E-state index contributed by atoms with van der Waals surface area (Å²) in [5.74, 6) is 1.85. The number of ether oxygens (including phenoxy) is 2. The Bertz CT molecular complexity index is 1290. The first-order valence-electron chi connectivity index (χ1n) is 10.3. The first kappa shape index (κ1) is 23.2. The highest BCUT2D eigenvalue weighted by Gasteiger charge is 2.24. The third-order valence-corrected chi connectivity index (χ3v) is 5.75. The van der Waals surface area contributed by atoms with Gasteiger partial charge in [0.15, 0.2) is 11.5 Å². The van der Waals surface area contributed by atoms with Gasteiger partial charge in [0, 0.05) is 17.7 Å². The summed E-state index contributed by atoms with van der Waals surface area (Å²) in [5.41, 5.74) is 8.45. The summed E-state index contributed by atoms with van der Waals surface area (Å²) in [4.78, 5) is 17.1. The number of thioether (sulfide) groups is 1. The van der Waals surface area contributed by atoms with E-state index < -0.39 is 0 Å². The van der Waals surface area contributed by atoms with Gasteiger partial charge in [-0.25, -0.2) is 4.68 Å². The zero-order chi connectivity index (χ0) is 24.1. The second-order valence-electron chi connectivity index (χ2n) is 7.15. The van der Waals surface area contributed by atoms with Crippen LogP contribution >= 0.6 is 11.8 Å². The molecule has 0 aliphatic carbocycles. The van der Waals surface area contributed by atoms with Gasteiger partial charge in [0.1, 0.15) is 23.0 Å². The van der Waals surface area contributed by atoms with Crippen molar-refractivity contribution < 1.29 is 18.8 Å². The lowest BCUT2D eigenvalue weighted by molar-refractivity contribution is -0.122. The van der Waals surface area contributed by atoms with Crippen molar-refractivity contribution in [1.82, 2.24) is 25.2 Å². The molecule has 0 radical (unpaired) electrons. The lowest BCUT2D eigenvalue weighted by Crippen LogP contribution is -2.28. The summed E-state index contributed by atoms with van der Waals surface area (Å²) in [6, 6.07) is 15.0. The van der Waals surface area contributed by atoms with Crippen molar-refractivity contribution in [1.29, 1.82) is 0 Å². The number of aromatic nitrogens is 4. The van der Waals surface area contributed by atoms with E-state index >= 15 is 0 Å². The summed E-state index contributed by atoms with van der Waals surface area (Å²) >= 11 is 1.37. The van der Waals surface area contributed by atoms with Crippen LogP contribution in [0.2, 0.25) is 0 Å². The van der Waals surface area contributed by atoms with Crippen LogP contribution in [0.3, 0.4) is 0 Å². The van der Waals surface area contributed by atoms with E-state index in [0.717, 1.165) is 11.1 Å². The van der Waals surface area contributed by atoms with E-state index in [2.05, 4.69) is 20.6 Å². The van der Waals surface area contributed by atoms with Crippen molar-refractivity contribution in [3.63, 3.8) is 0 Å².